The lowest BCUT2D eigenvalue weighted by molar-refractivity contribution is 0.0217. The van der Waals surface area contributed by atoms with Crippen molar-refractivity contribution in [2.45, 2.75) is 58.2 Å². The minimum absolute atomic E-state index is 0.255. The molecule has 4 nitrogen and oxygen atoms in total. The number of aromatic nitrogens is 2. The zero-order chi connectivity index (χ0) is 13.7. The molecule has 1 aliphatic rings. The van der Waals surface area contributed by atoms with Gasteiger partial charge in [-0.1, -0.05) is 20.8 Å². The van der Waals surface area contributed by atoms with E-state index < -0.39 is 0 Å². The van der Waals surface area contributed by atoms with Crippen LogP contribution in [0.2, 0.25) is 0 Å². The summed E-state index contributed by atoms with van der Waals surface area (Å²) in [5, 5.41) is 3.69. The first-order chi connectivity index (χ1) is 9.24. The van der Waals surface area contributed by atoms with Crippen LogP contribution in [0.4, 0.5) is 0 Å². The Morgan fingerprint density at radius 2 is 1.95 bits per heavy atom. The maximum absolute atomic E-state index is 4.38. The Hall–Kier alpha value is -1.00. The normalized spacial score (nSPS) is 23.4. The van der Waals surface area contributed by atoms with E-state index in [1.807, 2.05) is 18.5 Å². The van der Waals surface area contributed by atoms with Crippen molar-refractivity contribution in [2.75, 3.05) is 13.1 Å². The van der Waals surface area contributed by atoms with Crippen LogP contribution in [-0.2, 0) is 6.54 Å². The number of rotatable bonds is 5. The summed E-state index contributed by atoms with van der Waals surface area (Å²) in [6.45, 7) is 9.86. The van der Waals surface area contributed by atoms with Crippen molar-refractivity contribution in [3.63, 3.8) is 0 Å². The molecule has 0 radical (unpaired) electrons. The zero-order valence-corrected chi connectivity index (χ0v) is 12.4. The summed E-state index contributed by atoms with van der Waals surface area (Å²) in [5.41, 5.74) is 0.255. The number of piperazine rings is 1. The third kappa shape index (κ3) is 3.12. The molecule has 0 aliphatic carbocycles. The number of hydrogen-bond acceptors (Lipinski definition) is 4. The molecule has 0 bridgehead atoms. The minimum atomic E-state index is 0.255. The Kier molecular flexibility index (Phi) is 4.88. The van der Waals surface area contributed by atoms with Gasteiger partial charge in [-0.25, -0.2) is 9.97 Å². The SMILES string of the molecule is CCC1CN(Cc2ncccn2)C(CC)(CC)CN1. The minimum Gasteiger partial charge on any atom is -0.311 e. The molecule has 1 unspecified atom stereocenters. The van der Waals surface area contributed by atoms with Crippen LogP contribution >= 0.6 is 0 Å². The van der Waals surface area contributed by atoms with E-state index in [4.69, 9.17) is 0 Å². The molecule has 1 aliphatic heterocycles. The largest absolute Gasteiger partial charge is 0.311 e. The molecule has 0 spiro atoms. The summed E-state index contributed by atoms with van der Waals surface area (Å²) < 4.78 is 0. The maximum atomic E-state index is 4.38. The lowest BCUT2D eigenvalue weighted by Crippen LogP contribution is -2.63. The van der Waals surface area contributed by atoms with Gasteiger partial charge in [-0.15, -0.1) is 0 Å². The maximum Gasteiger partial charge on any atom is 0.142 e. The first-order valence-electron chi connectivity index (χ1n) is 7.48. The van der Waals surface area contributed by atoms with Gasteiger partial charge in [0.2, 0.25) is 0 Å². The molecule has 2 rings (SSSR count). The molecule has 0 amide bonds. The summed E-state index contributed by atoms with van der Waals surface area (Å²) in [6.07, 6.45) is 7.18. The second-order valence-electron chi connectivity index (χ2n) is 5.46. The molecule has 1 saturated heterocycles. The highest BCUT2D eigenvalue weighted by molar-refractivity contribution is 5.00. The Balaban J connectivity index is 2.15. The third-order valence-electron chi connectivity index (χ3n) is 4.59. The van der Waals surface area contributed by atoms with Crippen molar-refractivity contribution in [1.82, 2.24) is 20.2 Å². The molecule has 4 heteroatoms. The van der Waals surface area contributed by atoms with Crippen LogP contribution in [0.1, 0.15) is 45.9 Å². The quantitative estimate of drug-likeness (QED) is 0.883. The monoisotopic (exact) mass is 262 g/mol. The third-order valence-corrected chi connectivity index (χ3v) is 4.59. The molecule has 2 heterocycles. The van der Waals surface area contributed by atoms with Gasteiger partial charge in [-0.05, 0) is 25.3 Å². The van der Waals surface area contributed by atoms with Gasteiger partial charge < -0.3 is 5.32 Å². The van der Waals surface area contributed by atoms with Gasteiger partial charge in [0.1, 0.15) is 5.82 Å². The standard InChI is InChI=1S/C15H26N4/c1-4-13-10-19(11-14-16-8-7-9-17-14)15(5-2,6-3)12-18-13/h7-9,13,18H,4-6,10-12H2,1-3H3. The van der Waals surface area contributed by atoms with E-state index in [1.165, 1.54) is 19.3 Å². The van der Waals surface area contributed by atoms with Gasteiger partial charge in [0, 0.05) is 37.1 Å². The molecule has 1 fully saturated rings. The van der Waals surface area contributed by atoms with Gasteiger partial charge in [0.15, 0.2) is 0 Å². The van der Waals surface area contributed by atoms with E-state index >= 15 is 0 Å². The second-order valence-corrected chi connectivity index (χ2v) is 5.46. The Bertz CT molecular complexity index is 375. The van der Waals surface area contributed by atoms with Crippen LogP contribution in [0.5, 0.6) is 0 Å². The van der Waals surface area contributed by atoms with Gasteiger partial charge >= 0.3 is 0 Å². The highest BCUT2D eigenvalue weighted by Crippen LogP contribution is 2.28. The van der Waals surface area contributed by atoms with Crippen LogP contribution in [0.15, 0.2) is 18.5 Å². The summed E-state index contributed by atoms with van der Waals surface area (Å²) in [4.78, 5) is 11.4. The van der Waals surface area contributed by atoms with E-state index in [9.17, 15) is 0 Å². The predicted octanol–water partition coefficient (Wildman–Crippen LogP) is 2.22. The van der Waals surface area contributed by atoms with Crippen LogP contribution in [0, 0.1) is 0 Å². The molecule has 0 saturated carbocycles. The average molecular weight is 262 g/mol. The van der Waals surface area contributed by atoms with Gasteiger partial charge in [-0.3, -0.25) is 4.90 Å². The molecular weight excluding hydrogens is 236 g/mol. The van der Waals surface area contributed by atoms with Crippen molar-refractivity contribution in [2.24, 2.45) is 0 Å². The average Bonchev–Trinajstić information content (AvgIpc) is 2.48. The summed E-state index contributed by atoms with van der Waals surface area (Å²) >= 11 is 0. The number of nitrogens with zero attached hydrogens (tertiary/aromatic N) is 3. The van der Waals surface area contributed by atoms with E-state index in [1.54, 1.807) is 0 Å². The molecule has 1 aromatic heterocycles. The molecule has 1 atom stereocenters. The predicted molar refractivity (Wildman–Crippen MR) is 77.8 cm³/mol. The highest BCUT2D eigenvalue weighted by Gasteiger charge is 2.38. The molecule has 1 aromatic rings. The van der Waals surface area contributed by atoms with Crippen LogP contribution in [-0.4, -0.2) is 39.5 Å². The molecule has 106 valence electrons. The topological polar surface area (TPSA) is 41.1 Å². The zero-order valence-electron chi connectivity index (χ0n) is 12.4. The van der Waals surface area contributed by atoms with Crippen molar-refractivity contribution >= 4 is 0 Å². The smallest absolute Gasteiger partial charge is 0.142 e. The summed E-state index contributed by atoms with van der Waals surface area (Å²) in [7, 11) is 0. The van der Waals surface area contributed by atoms with Gasteiger partial charge in [-0.2, -0.15) is 0 Å². The Morgan fingerprint density at radius 3 is 2.53 bits per heavy atom. The second kappa shape index (κ2) is 6.44. The van der Waals surface area contributed by atoms with E-state index in [2.05, 4.69) is 41.0 Å². The van der Waals surface area contributed by atoms with Crippen molar-refractivity contribution in [3.8, 4) is 0 Å². The lowest BCUT2D eigenvalue weighted by Gasteiger charge is -2.49. The van der Waals surface area contributed by atoms with Crippen molar-refractivity contribution in [1.29, 1.82) is 0 Å². The summed E-state index contributed by atoms with van der Waals surface area (Å²) in [5.74, 6) is 0.936. The molecular formula is C15H26N4. The van der Waals surface area contributed by atoms with Crippen molar-refractivity contribution in [3.05, 3.63) is 24.3 Å². The van der Waals surface area contributed by atoms with E-state index in [-0.39, 0.29) is 5.54 Å². The summed E-state index contributed by atoms with van der Waals surface area (Å²) in [6, 6.07) is 2.47. The van der Waals surface area contributed by atoms with Crippen LogP contribution < -0.4 is 5.32 Å². The Labute approximate surface area is 116 Å². The Morgan fingerprint density at radius 1 is 1.26 bits per heavy atom. The van der Waals surface area contributed by atoms with Gasteiger partial charge in [0.25, 0.3) is 0 Å². The fourth-order valence-electron chi connectivity index (χ4n) is 3.01. The molecule has 0 aromatic carbocycles. The van der Waals surface area contributed by atoms with Crippen molar-refractivity contribution < 1.29 is 0 Å². The van der Waals surface area contributed by atoms with Gasteiger partial charge in [0.05, 0.1) is 6.54 Å². The number of nitrogens with one attached hydrogen (secondary N) is 1. The molecule has 1 N–H and O–H groups in total. The number of hydrogen-bond donors (Lipinski definition) is 1. The van der Waals surface area contributed by atoms with E-state index in [0.717, 1.165) is 25.5 Å². The van der Waals surface area contributed by atoms with E-state index in [0.29, 0.717) is 6.04 Å². The first-order valence-corrected chi connectivity index (χ1v) is 7.48. The highest BCUT2D eigenvalue weighted by atomic mass is 15.3. The molecule has 19 heavy (non-hydrogen) atoms. The fourth-order valence-corrected chi connectivity index (χ4v) is 3.01. The lowest BCUT2D eigenvalue weighted by atomic mass is 9.87. The fraction of sp³-hybridized carbons (Fsp3) is 0.733. The van der Waals surface area contributed by atoms with Crippen LogP contribution in [0.25, 0.3) is 0 Å². The van der Waals surface area contributed by atoms with Crippen LogP contribution in [0.3, 0.4) is 0 Å². The first kappa shape index (κ1) is 14.4.